The summed E-state index contributed by atoms with van der Waals surface area (Å²) in [5.41, 5.74) is 0. The van der Waals surface area contributed by atoms with Gasteiger partial charge in [-0.1, -0.05) is 36.8 Å². The van der Waals surface area contributed by atoms with Gasteiger partial charge in [-0.3, -0.25) is 9.69 Å². The molecule has 6 heteroatoms. The Hall–Kier alpha value is -2.44. The van der Waals surface area contributed by atoms with Gasteiger partial charge in [0.1, 0.15) is 5.75 Å². The van der Waals surface area contributed by atoms with Crippen molar-refractivity contribution in [3.63, 3.8) is 0 Å². The number of carbonyl (C=O) groups excluding carboxylic acids is 1. The number of carbonyl (C=O) groups is 1. The third-order valence-electron chi connectivity index (χ3n) is 5.64. The standard InChI is InChI=1S/C24H29N3O2S/c1-18-7-4-5-13-27(18)17-22-16-25-24(30-22)26-23(28)10-6-14-29-21-12-11-19-8-2-3-9-20(19)15-21/h2-3,8-9,11-12,15-16,18H,4-7,10,13-14,17H2,1H3,(H,25,26,28). The van der Waals surface area contributed by atoms with Gasteiger partial charge in [0.2, 0.25) is 5.91 Å². The van der Waals surface area contributed by atoms with Crippen LogP contribution in [0.5, 0.6) is 5.75 Å². The predicted molar refractivity (Wildman–Crippen MR) is 123 cm³/mol. The number of ether oxygens (including phenoxy) is 1. The summed E-state index contributed by atoms with van der Waals surface area (Å²) in [6.45, 7) is 4.89. The van der Waals surface area contributed by atoms with E-state index in [1.807, 2.05) is 30.5 Å². The Bertz CT molecular complexity index is 987. The first-order chi connectivity index (χ1) is 14.7. The number of anilines is 1. The highest BCUT2D eigenvalue weighted by Gasteiger charge is 2.19. The highest BCUT2D eigenvalue weighted by atomic mass is 32.1. The highest BCUT2D eigenvalue weighted by Crippen LogP contribution is 2.24. The zero-order chi connectivity index (χ0) is 20.8. The first-order valence-corrected chi connectivity index (χ1v) is 11.6. The molecule has 1 amide bonds. The Morgan fingerprint density at radius 3 is 2.97 bits per heavy atom. The van der Waals surface area contributed by atoms with Gasteiger partial charge in [0.25, 0.3) is 0 Å². The number of hydrogen-bond donors (Lipinski definition) is 1. The third kappa shape index (κ3) is 5.58. The van der Waals surface area contributed by atoms with Crippen LogP contribution in [0, 0.1) is 0 Å². The lowest BCUT2D eigenvalue weighted by atomic mass is 10.0. The second kappa shape index (κ2) is 10.0. The summed E-state index contributed by atoms with van der Waals surface area (Å²) >= 11 is 1.58. The molecule has 1 aliphatic rings. The average molecular weight is 424 g/mol. The molecule has 1 N–H and O–H groups in total. The molecule has 0 saturated carbocycles. The minimum absolute atomic E-state index is 0.00986. The molecule has 1 atom stereocenters. The van der Waals surface area contributed by atoms with Crippen molar-refractivity contribution in [3.05, 3.63) is 53.5 Å². The van der Waals surface area contributed by atoms with E-state index in [9.17, 15) is 4.79 Å². The summed E-state index contributed by atoms with van der Waals surface area (Å²) in [4.78, 5) is 20.3. The van der Waals surface area contributed by atoms with Gasteiger partial charge < -0.3 is 10.1 Å². The molecule has 2 aromatic carbocycles. The first kappa shape index (κ1) is 20.8. The Morgan fingerprint density at radius 2 is 2.10 bits per heavy atom. The number of piperidine rings is 1. The number of hydrogen-bond acceptors (Lipinski definition) is 5. The van der Waals surface area contributed by atoms with Gasteiger partial charge >= 0.3 is 0 Å². The Balaban J connectivity index is 1.19. The second-order valence-electron chi connectivity index (χ2n) is 7.96. The van der Waals surface area contributed by atoms with Crippen LogP contribution in [0.4, 0.5) is 5.13 Å². The number of benzene rings is 2. The van der Waals surface area contributed by atoms with Crippen LogP contribution in [0.3, 0.4) is 0 Å². The zero-order valence-electron chi connectivity index (χ0n) is 17.5. The van der Waals surface area contributed by atoms with Gasteiger partial charge in [-0.2, -0.15) is 0 Å². The predicted octanol–water partition coefficient (Wildman–Crippen LogP) is 5.47. The van der Waals surface area contributed by atoms with E-state index in [0.717, 1.165) is 24.2 Å². The Labute approximate surface area is 182 Å². The van der Waals surface area contributed by atoms with Gasteiger partial charge in [-0.05, 0) is 55.6 Å². The van der Waals surface area contributed by atoms with E-state index in [4.69, 9.17) is 4.74 Å². The fraction of sp³-hybridized carbons (Fsp3) is 0.417. The molecule has 4 rings (SSSR count). The minimum Gasteiger partial charge on any atom is -0.494 e. The molecule has 5 nitrogen and oxygen atoms in total. The fourth-order valence-corrected chi connectivity index (χ4v) is 4.75. The summed E-state index contributed by atoms with van der Waals surface area (Å²) in [5, 5.41) is 5.97. The maximum Gasteiger partial charge on any atom is 0.226 e. The Kier molecular flexibility index (Phi) is 6.97. The van der Waals surface area contributed by atoms with E-state index in [0.29, 0.717) is 30.6 Å². The van der Waals surface area contributed by atoms with Crippen LogP contribution >= 0.6 is 11.3 Å². The number of likely N-dealkylation sites (tertiary alicyclic amines) is 1. The molecular formula is C24H29N3O2S. The lowest BCUT2D eigenvalue weighted by Gasteiger charge is -2.32. The molecule has 3 aromatic rings. The van der Waals surface area contributed by atoms with Crippen LogP contribution in [0.25, 0.3) is 10.8 Å². The van der Waals surface area contributed by atoms with Gasteiger partial charge in [0, 0.05) is 30.1 Å². The summed E-state index contributed by atoms with van der Waals surface area (Å²) in [7, 11) is 0. The molecule has 1 aromatic heterocycles. The summed E-state index contributed by atoms with van der Waals surface area (Å²) in [5.74, 6) is 0.829. The SMILES string of the molecule is CC1CCCCN1Cc1cnc(NC(=O)CCCOc2ccc3ccccc3c2)s1. The molecule has 30 heavy (non-hydrogen) atoms. The quantitative estimate of drug-likeness (QED) is 0.488. The molecule has 1 saturated heterocycles. The van der Waals surface area contributed by atoms with Crippen LogP contribution in [-0.2, 0) is 11.3 Å². The number of fused-ring (bicyclic) bond motifs is 1. The maximum atomic E-state index is 12.2. The zero-order valence-corrected chi connectivity index (χ0v) is 18.3. The fourth-order valence-electron chi connectivity index (χ4n) is 3.89. The largest absolute Gasteiger partial charge is 0.494 e. The van der Waals surface area contributed by atoms with Crippen molar-refractivity contribution in [2.24, 2.45) is 0 Å². The lowest BCUT2D eigenvalue weighted by molar-refractivity contribution is -0.116. The van der Waals surface area contributed by atoms with Crippen molar-refractivity contribution in [1.82, 2.24) is 9.88 Å². The smallest absolute Gasteiger partial charge is 0.226 e. The van der Waals surface area contributed by atoms with Crippen molar-refractivity contribution >= 4 is 33.1 Å². The maximum absolute atomic E-state index is 12.2. The summed E-state index contributed by atoms with van der Waals surface area (Å²) in [6, 6.07) is 14.9. The number of thiazole rings is 1. The van der Waals surface area contributed by atoms with E-state index in [-0.39, 0.29) is 5.91 Å². The van der Waals surface area contributed by atoms with Crippen LogP contribution in [-0.4, -0.2) is 35.0 Å². The monoisotopic (exact) mass is 423 g/mol. The second-order valence-corrected chi connectivity index (χ2v) is 9.07. The molecule has 1 aliphatic heterocycles. The van der Waals surface area contributed by atoms with E-state index >= 15 is 0 Å². The van der Waals surface area contributed by atoms with Crippen LogP contribution in [0.1, 0.15) is 43.9 Å². The van der Waals surface area contributed by atoms with Gasteiger partial charge in [0.15, 0.2) is 5.13 Å². The normalized spacial score (nSPS) is 17.2. The molecule has 0 bridgehead atoms. The topological polar surface area (TPSA) is 54.5 Å². The lowest BCUT2D eigenvalue weighted by Crippen LogP contribution is -2.36. The van der Waals surface area contributed by atoms with Crippen LogP contribution < -0.4 is 10.1 Å². The molecule has 0 aliphatic carbocycles. The highest BCUT2D eigenvalue weighted by molar-refractivity contribution is 7.15. The summed E-state index contributed by atoms with van der Waals surface area (Å²) < 4.78 is 5.81. The third-order valence-corrected chi connectivity index (χ3v) is 6.53. The molecule has 0 spiro atoms. The van der Waals surface area contributed by atoms with E-state index in [1.54, 1.807) is 11.3 Å². The van der Waals surface area contributed by atoms with Crippen molar-refractivity contribution in [1.29, 1.82) is 0 Å². The average Bonchev–Trinajstić information content (AvgIpc) is 3.19. The number of rotatable bonds is 8. The molecule has 158 valence electrons. The van der Waals surface area contributed by atoms with Crippen molar-refractivity contribution in [2.45, 2.75) is 51.6 Å². The van der Waals surface area contributed by atoms with Gasteiger partial charge in [-0.25, -0.2) is 4.98 Å². The molecular weight excluding hydrogens is 394 g/mol. The van der Waals surface area contributed by atoms with Crippen molar-refractivity contribution in [2.75, 3.05) is 18.5 Å². The molecule has 0 radical (unpaired) electrons. The first-order valence-electron chi connectivity index (χ1n) is 10.8. The number of aromatic nitrogens is 1. The van der Waals surface area contributed by atoms with Crippen LogP contribution in [0.15, 0.2) is 48.7 Å². The van der Waals surface area contributed by atoms with E-state index in [1.165, 1.54) is 29.5 Å². The number of nitrogens with zero attached hydrogens (tertiary/aromatic N) is 2. The van der Waals surface area contributed by atoms with Gasteiger partial charge in [0.05, 0.1) is 6.61 Å². The number of nitrogens with one attached hydrogen (secondary N) is 1. The number of amides is 1. The van der Waals surface area contributed by atoms with Crippen LogP contribution in [0.2, 0.25) is 0 Å². The minimum atomic E-state index is -0.00986. The van der Waals surface area contributed by atoms with E-state index < -0.39 is 0 Å². The molecule has 2 heterocycles. The van der Waals surface area contributed by atoms with Crippen molar-refractivity contribution in [3.8, 4) is 5.75 Å². The molecule has 1 unspecified atom stereocenters. The van der Waals surface area contributed by atoms with Gasteiger partial charge in [-0.15, -0.1) is 11.3 Å². The van der Waals surface area contributed by atoms with Crippen molar-refractivity contribution < 1.29 is 9.53 Å². The molecule has 1 fully saturated rings. The Morgan fingerprint density at radius 1 is 1.23 bits per heavy atom. The summed E-state index contributed by atoms with van der Waals surface area (Å²) in [6.07, 6.45) is 6.85. The van der Waals surface area contributed by atoms with E-state index in [2.05, 4.69) is 40.3 Å².